The highest BCUT2D eigenvalue weighted by Crippen LogP contribution is 2.32. The number of nitrogens with one attached hydrogen (secondary N) is 3. The summed E-state index contributed by atoms with van der Waals surface area (Å²) in [6.45, 7) is 4.57. The van der Waals surface area contributed by atoms with E-state index in [2.05, 4.69) is 20.9 Å². The predicted octanol–water partition coefficient (Wildman–Crippen LogP) is 1.68. The van der Waals surface area contributed by atoms with Crippen LogP contribution in [0.3, 0.4) is 0 Å². The molecule has 6 atom stereocenters. The molecule has 2 amide bonds. The summed E-state index contributed by atoms with van der Waals surface area (Å²) in [6, 6.07) is 0.493. The first-order valence-electron chi connectivity index (χ1n) is 13.7. The van der Waals surface area contributed by atoms with Gasteiger partial charge in [0.1, 0.15) is 0 Å². The van der Waals surface area contributed by atoms with E-state index >= 15 is 0 Å². The Kier molecular flexibility index (Phi) is 9.62. The zero-order valence-electron chi connectivity index (χ0n) is 21.2. The standard InChI is InChI=1S/C26H46N4O4/c1-33-20-6-7-24(34-2)21(16-20)26(32)30-13-9-18(10-14-30)5-3-4-11-28-25(31)23-15-19-17-27-12-8-22(19)29-23/h18-24,27,29H,3-17H2,1-2H3,(H,28,31). The van der Waals surface area contributed by atoms with Gasteiger partial charge in [-0.1, -0.05) is 12.8 Å². The molecule has 0 aromatic carbocycles. The van der Waals surface area contributed by atoms with E-state index in [0.717, 1.165) is 90.5 Å². The second-order valence-corrected chi connectivity index (χ2v) is 10.9. The first-order valence-corrected chi connectivity index (χ1v) is 13.7. The van der Waals surface area contributed by atoms with Crippen LogP contribution in [0.1, 0.15) is 64.2 Å². The van der Waals surface area contributed by atoms with Crippen LogP contribution in [0, 0.1) is 17.8 Å². The van der Waals surface area contributed by atoms with E-state index in [1.807, 2.05) is 0 Å². The number of carbonyl (C=O) groups excluding carboxylic acids is 2. The van der Waals surface area contributed by atoms with Crippen LogP contribution in [-0.2, 0) is 19.1 Å². The van der Waals surface area contributed by atoms with Crippen molar-refractivity contribution in [2.24, 2.45) is 17.8 Å². The molecule has 4 rings (SSSR count). The third-order valence-corrected chi connectivity index (χ3v) is 8.83. The van der Waals surface area contributed by atoms with Gasteiger partial charge in [-0.15, -0.1) is 0 Å². The van der Waals surface area contributed by atoms with Crippen LogP contribution < -0.4 is 16.0 Å². The smallest absolute Gasteiger partial charge is 0.237 e. The Hall–Kier alpha value is -1.22. The van der Waals surface area contributed by atoms with Gasteiger partial charge >= 0.3 is 0 Å². The van der Waals surface area contributed by atoms with E-state index in [4.69, 9.17) is 9.47 Å². The highest BCUT2D eigenvalue weighted by Gasteiger charge is 2.39. The Bertz CT molecular complexity index is 655. The molecule has 3 N–H and O–H groups in total. The lowest BCUT2D eigenvalue weighted by atomic mass is 9.82. The molecular weight excluding hydrogens is 432 g/mol. The van der Waals surface area contributed by atoms with Crippen molar-refractivity contribution < 1.29 is 19.1 Å². The quantitative estimate of drug-likeness (QED) is 0.437. The van der Waals surface area contributed by atoms with E-state index in [1.165, 1.54) is 6.42 Å². The summed E-state index contributed by atoms with van der Waals surface area (Å²) in [5, 5.41) is 10.1. The molecule has 0 aromatic rings. The number of nitrogens with zero attached hydrogens (tertiary/aromatic N) is 1. The lowest BCUT2D eigenvalue weighted by molar-refractivity contribution is -0.147. The molecule has 194 valence electrons. The first kappa shape index (κ1) is 25.9. The Morgan fingerprint density at radius 3 is 2.56 bits per heavy atom. The molecule has 0 radical (unpaired) electrons. The Morgan fingerprint density at radius 1 is 1.00 bits per heavy atom. The number of rotatable bonds is 9. The molecule has 6 unspecified atom stereocenters. The van der Waals surface area contributed by atoms with Gasteiger partial charge in [0, 0.05) is 39.9 Å². The zero-order chi connectivity index (χ0) is 23.9. The monoisotopic (exact) mass is 478 g/mol. The van der Waals surface area contributed by atoms with Crippen LogP contribution in [0.25, 0.3) is 0 Å². The summed E-state index contributed by atoms with van der Waals surface area (Å²) in [6.07, 6.45) is 10.4. The van der Waals surface area contributed by atoms with Gasteiger partial charge in [0.2, 0.25) is 11.8 Å². The fourth-order valence-corrected chi connectivity index (χ4v) is 6.63. The van der Waals surface area contributed by atoms with Crippen LogP contribution in [0.4, 0.5) is 0 Å². The SMILES string of the molecule is COC1CCC(OC)C(C(=O)N2CCC(CCCCNC(=O)C3CC4CNCCC4N3)CC2)C1. The normalized spacial score (nSPS) is 34.6. The van der Waals surface area contributed by atoms with Crippen LogP contribution in [0.15, 0.2) is 0 Å². The van der Waals surface area contributed by atoms with Crippen molar-refractivity contribution in [1.29, 1.82) is 0 Å². The fourth-order valence-electron chi connectivity index (χ4n) is 6.63. The van der Waals surface area contributed by atoms with Crippen LogP contribution in [0.5, 0.6) is 0 Å². The minimum atomic E-state index is -0.0709. The molecule has 4 fully saturated rings. The Balaban J connectivity index is 1.09. The lowest BCUT2D eigenvalue weighted by Crippen LogP contribution is -2.48. The second-order valence-electron chi connectivity index (χ2n) is 10.9. The van der Waals surface area contributed by atoms with Gasteiger partial charge in [-0.05, 0) is 76.3 Å². The maximum Gasteiger partial charge on any atom is 0.237 e. The maximum atomic E-state index is 13.2. The van der Waals surface area contributed by atoms with Gasteiger partial charge < -0.3 is 30.3 Å². The summed E-state index contributed by atoms with van der Waals surface area (Å²) in [5.74, 6) is 1.64. The topological polar surface area (TPSA) is 91.9 Å². The number of carbonyl (C=O) groups is 2. The molecule has 3 heterocycles. The maximum absolute atomic E-state index is 13.2. The number of fused-ring (bicyclic) bond motifs is 1. The van der Waals surface area contributed by atoms with Gasteiger partial charge in [-0.3, -0.25) is 9.59 Å². The van der Waals surface area contributed by atoms with E-state index in [9.17, 15) is 9.59 Å². The average molecular weight is 479 g/mol. The van der Waals surface area contributed by atoms with Crippen molar-refractivity contribution in [2.75, 3.05) is 46.9 Å². The Morgan fingerprint density at radius 2 is 1.82 bits per heavy atom. The second kappa shape index (κ2) is 12.7. The van der Waals surface area contributed by atoms with Crippen molar-refractivity contribution >= 4 is 11.8 Å². The van der Waals surface area contributed by atoms with Crippen molar-refractivity contribution in [1.82, 2.24) is 20.9 Å². The van der Waals surface area contributed by atoms with Gasteiger partial charge in [0.15, 0.2) is 0 Å². The van der Waals surface area contributed by atoms with Crippen LogP contribution in [-0.4, -0.2) is 87.9 Å². The van der Waals surface area contributed by atoms with Gasteiger partial charge in [0.05, 0.1) is 24.2 Å². The van der Waals surface area contributed by atoms with Crippen molar-refractivity contribution in [3.63, 3.8) is 0 Å². The summed E-state index contributed by atoms with van der Waals surface area (Å²) in [7, 11) is 3.46. The van der Waals surface area contributed by atoms with Crippen LogP contribution >= 0.6 is 0 Å². The summed E-state index contributed by atoms with van der Waals surface area (Å²) < 4.78 is 11.2. The first-order chi connectivity index (χ1) is 16.6. The number of hydrogen-bond donors (Lipinski definition) is 3. The Labute approximate surface area is 205 Å². The molecule has 1 saturated carbocycles. The number of piperidine rings is 2. The number of ether oxygens (including phenoxy) is 2. The molecule has 0 aromatic heterocycles. The van der Waals surface area contributed by atoms with Crippen LogP contribution in [0.2, 0.25) is 0 Å². The molecule has 0 bridgehead atoms. The number of amides is 2. The number of methoxy groups -OCH3 is 2. The summed E-state index contributed by atoms with van der Waals surface area (Å²) >= 11 is 0. The minimum Gasteiger partial charge on any atom is -0.381 e. The number of likely N-dealkylation sites (tertiary alicyclic amines) is 1. The van der Waals surface area contributed by atoms with Gasteiger partial charge in [-0.2, -0.15) is 0 Å². The van der Waals surface area contributed by atoms with Gasteiger partial charge in [-0.25, -0.2) is 0 Å². The predicted molar refractivity (Wildman–Crippen MR) is 131 cm³/mol. The van der Waals surface area contributed by atoms with Crippen molar-refractivity contribution in [3.8, 4) is 0 Å². The molecule has 4 aliphatic rings. The molecule has 8 nitrogen and oxygen atoms in total. The highest BCUT2D eigenvalue weighted by molar-refractivity contribution is 5.82. The third-order valence-electron chi connectivity index (χ3n) is 8.83. The fraction of sp³-hybridized carbons (Fsp3) is 0.923. The largest absolute Gasteiger partial charge is 0.381 e. The molecule has 3 saturated heterocycles. The van der Waals surface area contributed by atoms with E-state index < -0.39 is 0 Å². The van der Waals surface area contributed by atoms with Crippen molar-refractivity contribution in [3.05, 3.63) is 0 Å². The molecule has 1 aliphatic carbocycles. The van der Waals surface area contributed by atoms with Crippen molar-refractivity contribution in [2.45, 2.75) is 88.5 Å². The minimum absolute atomic E-state index is 0.0159. The summed E-state index contributed by atoms with van der Waals surface area (Å²) in [5.41, 5.74) is 0. The summed E-state index contributed by atoms with van der Waals surface area (Å²) in [4.78, 5) is 27.8. The number of hydrogen-bond acceptors (Lipinski definition) is 6. The van der Waals surface area contributed by atoms with E-state index in [0.29, 0.717) is 17.9 Å². The average Bonchev–Trinajstić information content (AvgIpc) is 3.32. The highest BCUT2D eigenvalue weighted by atomic mass is 16.5. The van der Waals surface area contributed by atoms with E-state index in [1.54, 1.807) is 14.2 Å². The zero-order valence-corrected chi connectivity index (χ0v) is 21.2. The molecular formula is C26H46N4O4. The number of unbranched alkanes of at least 4 members (excludes halogenated alkanes) is 1. The molecule has 34 heavy (non-hydrogen) atoms. The van der Waals surface area contributed by atoms with Gasteiger partial charge in [0.25, 0.3) is 0 Å². The molecule has 8 heteroatoms. The molecule has 3 aliphatic heterocycles. The lowest BCUT2D eigenvalue weighted by Gasteiger charge is -2.39. The van der Waals surface area contributed by atoms with E-state index in [-0.39, 0.29) is 36.0 Å². The third kappa shape index (κ3) is 6.50. The molecule has 0 spiro atoms.